The van der Waals surface area contributed by atoms with Crippen molar-refractivity contribution >= 4 is 23.9 Å². The minimum Gasteiger partial charge on any atom is -0.449 e. The van der Waals surface area contributed by atoms with Crippen LogP contribution in [0.3, 0.4) is 0 Å². The molecule has 1 unspecified atom stereocenters. The first-order valence-corrected chi connectivity index (χ1v) is 14.8. The van der Waals surface area contributed by atoms with Gasteiger partial charge in [0.2, 0.25) is 17.8 Å². The molecule has 224 valence electrons. The second-order valence-electron chi connectivity index (χ2n) is 11.6. The minimum absolute atomic E-state index is 0.155. The molecule has 3 fully saturated rings. The van der Waals surface area contributed by atoms with E-state index in [0.717, 1.165) is 32.1 Å². The molecule has 12 nitrogen and oxygen atoms in total. The zero-order valence-electron chi connectivity index (χ0n) is 24.2. The van der Waals surface area contributed by atoms with Gasteiger partial charge in [-0.3, -0.25) is 19.9 Å². The average Bonchev–Trinajstić information content (AvgIpc) is 2.96. The standard InChI is InChI=1S/C28H47N7O5/c1-21(2)19-40-27(38)32-26(35-14-16-39-17-15-35)31-18-23(22-6-4-3-5-7-22)25(37)33-28(20-29)9-12-34(13-10-28)11-8-24(30)36/h21-23H,3-19H2,1-2H3,(H2,30,36)(H,33,37)(H,31,32,38). The van der Waals surface area contributed by atoms with Gasteiger partial charge in [0.25, 0.3) is 0 Å². The van der Waals surface area contributed by atoms with Crippen LogP contribution in [0.4, 0.5) is 4.79 Å². The van der Waals surface area contributed by atoms with E-state index in [-0.39, 0.29) is 36.6 Å². The zero-order chi connectivity index (χ0) is 29.0. The Labute approximate surface area is 238 Å². The number of ether oxygens (including phenoxy) is 2. The lowest BCUT2D eigenvalue weighted by Gasteiger charge is -2.39. The van der Waals surface area contributed by atoms with Crippen molar-refractivity contribution in [3.63, 3.8) is 0 Å². The van der Waals surface area contributed by atoms with Crippen LogP contribution in [0.5, 0.6) is 0 Å². The lowest BCUT2D eigenvalue weighted by atomic mass is 9.78. The van der Waals surface area contributed by atoms with E-state index in [1.54, 1.807) is 0 Å². The van der Waals surface area contributed by atoms with Gasteiger partial charge in [-0.1, -0.05) is 33.1 Å². The number of carbonyl (C=O) groups excluding carboxylic acids is 3. The average molecular weight is 562 g/mol. The number of alkyl carbamates (subject to hydrolysis) is 1. The smallest absolute Gasteiger partial charge is 0.413 e. The Morgan fingerprint density at radius 1 is 1.12 bits per heavy atom. The summed E-state index contributed by atoms with van der Waals surface area (Å²) < 4.78 is 10.8. The summed E-state index contributed by atoms with van der Waals surface area (Å²) in [4.78, 5) is 46.3. The molecule has 40 heavy (non-hydrogen) atoms. The van der Waals surface area contributed by atoms with Gasteiger partial charge in [-0.2, -0.15) is 5.26 Å². The minimum atomic E-state index is -0.955. The van der Waals surface area contributed by atoms with Crippen LogP contribution < -0.4 is 16.4 Å². The number of likely N-dealkylation sites (tertiary alicyclic amines) is 1. The summed E-state index contributed by atoms with van der Waals surface area (Å²) in [6, 6.07) is 2.38. The fourth-order valence-corrected chi connectivity index (χ4v) is 5.55. The van der Waals surface area contributed by atoms with E-state index in [0.29, 0.717) is 71.3 Å². The third-order valence-corrected chi connectivity index (χ3v) is 8.03. The summed E-state index contributed by atoms with van der Waals surface area (Å²) in [5.41, 5.74) is 4.33. The number of carbonyl (C=O) groups is 3. The maximum absolute atomic E-state index is 13.8. The van der Waals surface area contributed by atoms with E-state index in [1.165, 1.54) is 0 Å². The molecule has 4 N–H and O–H groups in total. The van der Waals surface area contributed by atoms with Crippen LogP contribution >= 0.6 is 0 Å². The molecule has 1 atom stereocenters. The number of morpholine rings is 1. The van der Waals surface area contributed by atoms with Crippen LogP contribution in [-0.2, 0) is 19.1 Å². The molecule has 12 heteroatoms. The number of hydrogen-bond donors (Lipinski definition) is 3. The van der Waals surface area contributed by atoms with E-state index >= 15 is 0 Å². The highest BCUT2D eigenvalue weighted by molar-refractivity contribution is 5.94. The Balaban J connectivity index is 1.73. The third-order valence-electron chi connectivity index (χ3n) is 8.03. The van der Waals surface area contributed by atoms with Gasteiger partial charge in [-0.15, -0.1) is 0 Å². The molecule has 3 aliphatic rings. The topological polar surface area (TPSA) is 162 Å². The van der Waals surface area contributed by atoms with Gasteiger partial charge in [0, 0.05) is 39.1 Å². The first-order valence-electron chi connectivity index (χ1n) is 14.8. The Hall–Kier alpha value is -2.91. The highest BCUT2D eigenvalue weighted by Crippen LogP contribution is 2.32. The van der Waals surface area contributed by atoms with Crippen LogP contribution in [0.25, 0.3) is 0 Å². The van der Waals surface area contributed by atoms with Crippen LogP contribution in [0.15, 0.2) is 4.99 Å². The molecule has 1 saturated carbocycles. The second-order valence-corrected chi connectivity index (χ2v) is 11.6. The van der Waals surface area contributed by atoms with E-state index in [9.17, 15) is 19.6 Å². The van der Waals surface area contributed by atoms with E-state index in [4.69, 9.17) is 20.2 Å². The van der Waals surface area contributed by atoms with Crippen LogP contribution in [0.1, 0.15) is 65.2 Å². The summed E-state index contributed by atoms with van der Waals surface area (Å²) >= 11 is 0. The Bertz CT molecular complexity index is 914. The van der Waals surface area contributed by atoms with Gasteiger partial charge < -0.3 is 30.3 Å². The first-order chi connectivity index (χ1) is 19.2. The number of aliphatic imine (C=N–C) groups is 1. The van der Waals surface area contributed by atoms with Crippen LogP contribution in [-0.4, -0.2) is 98.3 Å². The molecule has 0 aromatic heterocycles. The number of nitrogens with zero attached hydrogens (tertiary/aromatic N) is 4. The monoisotopic (exact) mass is 561 g/mol. The number of amides is 3. The Morgan fingerprint density at radius 3 is 2.40 bits per heavy atom. The number of hydrogen-bond acceptors (Lipinski definition) is 8. The number of nitrogens with one attached hydrogen (secondary N) is 2. The van der Waals surface area contributed by atoms with Gasteiger partial charge in [0.1, 0.15) is 5.54 Å². The summed E-state index contributed by atoms with van der Waals surface area (Å²) in [7, 11) is 0. The molecule has 0 bridgehead atoms. The quantitative estimate of drug-likeness (QED) is 0.268. The molecule has 3 amide bonds. The Morgan fingerprint density at radius 2 is 1.80 bits per heavy atom. The van der Waals surface area contributed by atoms with Gasteiger partial charge in [0.05, 0.1) is 38.4 Å². The van der Waals surface area contributed by atoms with Crippen molar-refractivity contribution in [3.05, 3.63) is 0 Å². The first kappa shape index (κ1) is 31.6. The molecule has 0 radical (unpaired) electrons. The number of nitrogens with two attached hydrogens (primary N) is 1. The maximum atomic E-state index is 13.8. The van der Waals surface area contributed by atoms with Gasteiger partial charge in [0.15, 0.2) is 0 Å². The van der Waals surface area contributed by atoms with E-state index < -0.39 is 17.6 Å². The van der Waals surface area contributed by atoms with Crippen molar-refractivity contribution in [1.29, 1.82) is 5.26 Å². The van der Waals surface area contributed by atoms with Crippen molar-refractivity contribution in [2.45, 2.75) is 70.8 Å². The van der Waals surface area contributed by atoms with Crippen LogP contribution in [0.2, 0.25) is 0 Å². The van der Waals surface area contributed by atoms with Crippen molar-refractivity contribution in [2.24, 2.45) is 28.5 Å². The van der Waals surface area contributed by atoms with Crippen molar-refractivity contribution in [3.8, 4) is 6.07 Å². The number of piperidine rings is 1. The van der Waals surface area contributed by atoms with Gasteiger partial charge in [-0.05, 0) is 37.5 Å². The highest BCUT2D eigenvalue weighted by Gasteiger charge is 2.39. The maximum Gasteiger partial charge on any atom is 0.413 e. The summed E-state index contributed by atoms with van der Waals surface area (Å²) in [5.74, 6) is -0.169. The largest absolute Gasteiger partial charge is 0.449 e. The summed E-state index contributed by atoms with van der Waals surface area (Å²) in [6.07, 6.45) is 5.82. The molecule has 2 saturated heterocycles. The summed E-state index contributed by atoms with van der Waals surface area (Å²) in [6.45, 7) is 8.42. The predicted molar refractivity (Wildman–Crippen MR) is 150 cm³/mol. The molecule has 2 heterocycles. The van der Waals surface area contributed by atoms with E-state index in [1.807, 2.05) is 18.7 Å². The molecule has 0 aromatic carbocycles. The van der Waals surface area contributed by atoms with Crippen molar-refractivity contribution < 1.29 is 23.9 Å². The zero-order valence-corrected chi connectivity index (χ0v) is 24.2. The molecule has 1 aliphatic carbocycles. The summed E-state index contributed by atoms with van der Waals surface area (Å²) in [5, 5.41) is 16.0. The molecule has 0 aromatic rings. The molecule has 2 aliphatic heterocycles. The molecule has 3 rings (SSSR count). The lowest BCUT2D eigenvalue weighted by molar-refractivity contribution is -0.128. The second kappa shape index (κ2) is 15.8. The molecular formula is C28H47N7O5. The highest BCUT2D eigenvalue weighted by atomic mass is 16.5. The number of rotatable bonds is 10. The number of primary amides is 1. The van der Waals surface area contributed by atoms with Gasteiger partial charge >= 0.3 is 6.09 Å². The lowest BCUT2D eigenvalue weighted by Crippen LogP contribution is -2.57. The van der Waals surface area contributed by atoms with E-state index in [2.05, 4.69) is 21.6 Å². The number of nitriles is 1. The van der Waals surface area contributed by atoms with Crippen molar-refractivity contribution in [2.75, 3.05) is 59.1 Å². The van der Waals surface area contributed by atoms with Crippen molar-refractivity contribution in [1.82, 2.24) is 20.4 Å². The third kappa shape index (κ3) is 9.93. The van der Waals surface area contributed by atoms with Gasteiger partial charge in [-0.25, -0.2) is 4.79 Å². The predicted octanol–water partition coefficient (Wildman–Crippen LogP) is 1.60. The fourth-order valence-electron chi connectivity index (χ4n) is 5.55. The SMILES string of the molecule is CC(C)COC(=O)NC(=NCC(C(=O)NC1(C#N)CCN(CCC(N)=O)CC1)C1CCCCC1)N1CCOCC1. The van der Waals surface area contributed by atoms with Crippen LogP contribution in [0, 0.1) is 29.1 Å². The fraction of sp³-hybridized carbons (Fsp3) is 0.821. The molecule has 0 spiro atoms. The molecular weight excluding hydrogens is 514 g/mol. The number of guanidine groups is 1. The Kier molecular flexibility index (Phi) is 12.5. The normalized spacial score (nSPS) is 21.4.